The molecule has 7 nitrogen and oxygen atoms in total. The van der Waals surface area contributed by atoms with E-state index in [0.29, 0.717) is 34.6 Å². The Balaban J connectivity index is 0.000000588. The average Bonchev–Trinajstić information content (AvgIpc) is 3.07. The molecule has 0 amide bonds. The molecule has 0 unspecified atom stereocenters. The fourth-order valence-corrected chi connectivity index (χ4v) is 4.80. The highest BCUT2D eigenvalue weighted by molar-refractivity contribution is 6.18. The maximum atomic E-state index is 13.4. The van der Waals surface area contributed by atoms with Gasteiger partial charge in [-0.25, -0.2) is 4.98 Å². The van der Waals surface area contributed by atoms with E-state index in [-0.39, 0.29) is 11.3 Å². The summed E-state index contributed by atoms with van der Waals surface area (Å²) >= 11 is 5.51. The predicted molar refractivity (Wildman–Crippen MR) is 188 cm³/mol. The number of hydrogen-bond acceptors (Lipinski definition) is 6. The molecule has 1 heterocycles. The third-order valence-corrected chi connectivity index (χ3v) is 7.27. The molecule has 4 rings (SSSR count). The summed E-state index contributed by atoms with van der Waals surface area (Å²) in [5.74, 6) is 1.74. The summed E-state index contributed by atoms with van der Waals surface area (Å²) in [7, 11) is 0. The normalized spacial score (nSPS) is 10.9. The quantitative estimate of drug-likeness (QED) is 0.155. The molecule has 3 aromatic carbocycles. The summed E-state index contributed by atoms with van der Waals surface area (Å²) in [6.07, 6.45) is 3.61. The van der Waals surface area contributed by atoms with E-state index >= 15 is 0 Å². The van der Waals surface area contributed by atoms with E-state index in [1.165, 1.54) is 0 Å². The third-order valence-electron chi connectivity index (χ3n) is 7.10. The molecule has 0 saturated heterocycles. The van der Waals surface area contributed by atoms with Gasteiger partial charge < -0.3 is 19.6 Å². The van der Waals surface area contributed by atoms with Gasteiger partial charge in [0.05, 0.1) is 16.6 Å². The zero-order valence-electron chi connectivity index (χ0n) is 27.2. The summed E-state index contributed by atoms with van der Waals surface area (Å²) in [5.41, 5.74) is 1.94. The third kappa shape index (κ3) is 10.5. The summed E-state index contributed by atoms with van der Waals surface area (Å²) < 4.78 is 7.57. The molecule has 4 aromatic rings. The number of alkyl halides is 1. The number of benzene rings is 3. The van der Waals surface area contributed by atoms with Crippen LogP contribution in [0.15, 0.2) is 77.6 Å². The van der Waals surface area contributed by atoms with Crippen LogP contribution in [0, 0.1) is 0 Å². The van der Waals surface area contributed by atoms with Crippen molar-refractivity contribution in [3.8, 4) is 17.2 Å². The van der Waals surface area contributed by atoms with Crippen LogP contribution in [0.5, 0.6) is 11.5 Å². The molecule has 1 N–H and O–H groups in total. The number of nitrogens with zero attached hydrogens (tertiary/aromatic N) is 4. The number of fused-ring (bicyclic) bond motifs is 1. The van der Waals surface area contributed by atoms with Gasteiger partial charge >= 0.3 is 0 Å². The van der Waals surface area contributed by atoms with Gasteiger partial charge in [0.2, 0.25) is 0 Å². The highest BCUT2D eigenvalue weighted by Gasteiger charge is 2.12. The van der Waals surface area contributed by atoms with Gasteiger partial charge in [0.1, 0.15) is 12.4 Å². The van der Waals surface area contributed by atoms with Crippen molar-refractivity contribution in [1.29, 1.82) is 0 Å². The number of aromatic hydroxyl groups is 1. The topological polar surface area (TPSA) is 70.8 Å². The Morgan fingerprint density at radius 3 is 2.05 bits per heavy atom. The van der Waals surface area contributed by atoms with Gasteiger partial charge in [0, 0.05) is 24.5 Å². The zero-order valence-corrected chi connectivity index (χ0v) is 27.9. The van der Waals surface area contributed by atoms with Crippen molar-refractivity contribution in [3.63, 3.8) is 0 Å². The molecular formula is C36H49ClN4O3. The molecule has 0 radical (unpaired) electrons. The fraction of sp³-hybridized carbons (Fsp3) is 0.389. The maximum Gasteiger partial charge on any atom is 0.266 e. The number of phenolic OH excluding ortho intramolecular Hbond substituents is 1. The van der Waals surface area contributed by atoms with E-state index < -0.39 is 0 Å². The van der Waals surface area contributed by atoms with Gasteiger partial charge in [-0.3, -0.25) is 9.36 Å². The smallest absolute Gasteiger partial charge is 0.266 e. The first-order valence-corrected chi connectivity index (χ1v) is 16.2. The van der Waals surface area contributed by atoms with Crippen molar-refractivity contribution in [2.45, 2.75) is 41.5 Å². The molecular weight excluding hydrogens is 572 g/mol. The van der Waals surface area contributed by atoms with E-state index in [2.05, 4.69) is 37.5 Å². The lowest BCUT2D eigenvalue weighted by molar-refractivity contribution is 0.217. The van der Waals surface area contributed by atoms with Crippen LogP contribution in [-0.2, 0) is 0 Å². The van der Waals surface area contributed by atoms with Gasteiger partial charge in [-0.05, 0) is 68.7 Å². The van der Waals surface area contributed by atoms with Gasteiger partial charge in [-0.1, -0.05) is 84.0 Å². The first-order chi connectivity index (χ1) is 21.5. The molecule has 0 atom stereocenters. The van der Waals surface area contributed by atoms with Crippen LogP contribution in [0.1, 0.15) is 52.9 Å². The summed E-state index contributed by atoms with van der Waals surface area (Å²) in [6, 6.07) is 22.0. The first kappa shape index (κ1) is 36.5. The monoisotopic (exact) mass is 620 g/mol. The average molecular weight is 621 g/mol. The first-order valence-electron chi connectivity index (χ1n) is 15.7. The van der Waals surface area contributed by atoms with Crippen LogP contribution in [0.2, 0.25) is 0 Å². The van der Waals surface area contributed by atoms with E-state index in [0.717, 1.165) is 50.8 Å². The number of para-hydroxylation sites is 3. The summed E-state index contributed by atoms with van der Waals surface area (Å²) in [6.45, 7) is 18.9. The molecule has 0 aliphatic rings. The number of ether oxygens (including phenoxy) is 1. The molecule has 0 aliphatic carbocycles. The molecule has 8 heteroatoms. The van der Waals surface area contributed by atoms with Gasteiger partial charge in [0.25, 0.3) is 5.56 Å². The second kappa shape index (κ2) is 20.3. The molecule has 0 saturated carbocycles. The number of rotatable bonds is 13. The number of hydrogen-bond donors (Lipinski definition) is 1. The Kier molecular flexibility index (Phi) is 16.9. The molecule has 1 aromatic heterocycles. The number of phenols is 1. The van der Waals surface area contributed by atoms with Crippen molar-refractivity contribution in [3.05, 3.63) is 94.5 Å². The van der Waals surface area contributed by atoms with Crippen LogP contribution in [0.3, 0.4) is 0 Å². The highest BCUT2D eigenvalue weighted by atomic mass is 35.5. The molecule has 0 bridgehead atoms. The second-order valence-electron chi connectivity index (χ2n) is 9.58. The Bertz CT molecular complexity index is 1470. The van der Waals surface area contributed by atoms with Crippen LogP contribution >= 0.6 is 11.6 Å². The Morgan fingerprint density at radius 2 is 1.43 bits per heavy atom. The molecule has 0 aliphatic heterocycles. The minimum absolute atomic E-state index is 0.0774. The van der Waals surface area contributed by atoms with Crippen LogP contribution in [0.4, 0.5) is 0 Å². The van der Waals surface area contributed by atoms with E-state index in [9.17, 15) is 9.90 Å². The largest absolute Gasteiger partial charge is 0.504 e. The SMILES string of the molecule is CC.CCN(CC)CCCl.CCN(CC)CCOc1c(O)cccc1/C=C/c1nc2ccccc2c(=O)n1-c1ccccc1. The minimum Gasteiger partial charge on any atom is -0.504 e. The lowest BCUT2D eigenvalue weighted by Crippen LogP contribution is -2.28. The van der Waals surface area contributed by atoms with Crippen molar-refractivity contribution in [2.24, 2.45) is 0 Å². The maximum absolute atomic E-state index is 13.4. The molecule has 0 fully saturated rings. The summed E-state index contributed by atoms with van der Waals surface area (Å²) in [5, 5.41) is 11.0. The van der Waals surface area contributed by atoms with Crippen molar-refractivity contribution in [1.82, 2.24) is 19.4 Å². The van der Waals surface area contributed by atoms with Gasteiger partial charge in [0.15, 0.2) is 11.5 Å². The molecule has 238 valence electrons. The van der Waals surface area contributed by atoms with Crippen LogP contribution < -0.4 is 10.3 Å². The number of halogens is 1. The Labute approximate surface area is 268 Å². The Morgan fingerprint density at radius 1 is 0.818 bits per heavy atom. The highest BCUT2D eigenvalue weighted by Crippen LogP contribution is 2.31. The fourth-order valence-electron chi connectivity index (χ4n) is 4.56. The van der Waals surface area contributed by atoms with Crippen molar-refractivity contribution in [2.75, 3.05) is 51.8 Å². The van der Waals surface area contributed by atoms with Gasteiger partial charge in [-0.15, -0.1) is 11.6 Å². The second-order valence-corrected chi connectivity index (χ2v) is 9.96. The van der Waals surface area contributed by atoms with Crippen molar-refractivity contribution < 1.29 is 9.84 Å². The Hall–Kier alpha value is -3.65. The number of likely N-dealkylation sites (N-methyl/N-ethyl adjacent to an activating group) is 1. The zero-order chi connectivity index (χ0) is 32.3. The van der Waals surface area contributed by atoms with Crippen LogP contribution in [-0.4, -0.2) is 76.2 Å². The molecule has 44 heavy (non-hydrogen) atoms. The lowest BCUT2D eigenvalue weighted by Gasteiger charge is -2.19. The van der Waals surface area contributed by atoms with Gasteiger partial charge in [-0.2, -0.15) is 0 Å². The van der Waals surface area contributed by atoms with Crippen LogP contribution in [0.25, 0.3) is 28.7 Å². The lowest BCUT2D eigenvalue weighted by atomic mass is 10.1. The molecule has 0 spiro atoms. The van der Waals surface area contributed by atoms with E-state index in [4.69, 9.17) is 21.3 Å². The minimum atomic E-state index is -0.136. The summed E-state index contributed by atoms with van der Waals surface area (Å²) in [4.78, 5) is 22.7. The van der Waals surface area contributed by atoms with E-state index in [1.807, 2.05) is 74.5 Å². The predicted octanol–water partition coefficient (Wildman–Crippen LogP) is 7.58. The number of aromatic nitrogens is 2. The standard InChI is InChI=1S/C28H29N3O3.C6H14ClN.C2H6/c1-3-30(4-2)19-20-34-27-21(11-10-16-25(27)32)17-18-26-29-24-15-9-8-14-23(24)28(33)31(26)22-12-6-5-7-13-22;1-3-8(4-2)6-5-7;1-2/h5-18,32H,3-4,19-20H2,1-2H3;3-6H2,1-2H3;1-2H3/b18-17+;;. The van der Waals surface area contributed by atoms with Crippen molar-refractivity contribution >= 4 is 34.7 Å². The van der Waals surface area contributed by atoms with E-state index in [1.54, 1.807) is 28.8 Å².